The van der Waals surface area contributed by atoms with E-state index in [9.17, 15) is 9.90 Å². The summed E-state index contributed by atoms with van der Waals surface area (Å²) in [7, 11) is 0. The fraction of sp³-hybridized carbons (Fsp3) is 0.850. The van der Waals surface area contributed by atoms with E-state index in [4.69, 9.17) is 9.47 Å². The molecule has 0 aromatic rings. The summed E-state index contributed by atoms with van der Waals surface area (Å²) in [6.07, 6.45) is 6.98. The molecule has 1 spiro atoms. The normalized spacial score (nSPS) is 50.7. The van der Waals surface area contributed by atoms with Crippen LogP contribution in [-0.4, -0.2) is 41.7 Å². The fourth-order valence-corrected chi connectivity index (χ4v) is 6.92. The van der Waals surface area contributed by atoms with E-state index < -0.39 is 5.79 Å². The first-order valence-electron chi connectivity index (χ1n) is 9.82. The van der Waals surface area contributed by atoms with E-state index >= 15 is 0 Å². The second kappa shape index (κ2) is 5.08. The fourth-order valence-electron chi connectivity index (χ4n) is 6.92. The average molecular weight is 347 g/mol. The molecule has 4 fully saturated rings. The first-order chi connectivity index (χ1) is 11.9. The number of hydrogen-bond donors (Lipinski definition) is 2. The largest absolute Gasteiger partial charge is 0.393 e. The van der Waals surface area contributed by atoms with E-state index in [2.05, 4.69) is 25.2 Å². The molecule has 2 saturated heterocycles. The van der Waals surface area contributed by atoms with Crippen LogP contribution in [0.4, 0.5) is 0 Å². The van der Waals surface area contributed by atoms with Gasteiger partial charge in [0, 0.05) is 24.8 Å². The molecule has 0 radical (unpaired) electrons. The molecule has 138 valence electrons. The Bertz CT molecular complexity index is 640. The van der Waals surface area contributed by atoms with Gasteiger partial charge in [-0.25, -0.2) is 0 Å². The summed E-state index contributed by atoms with van der Waals surface area (Å²) in [4.78, 5) is 12.1. The van der Waals surface area contributed by atoms with Gasteiger partial charge < -0.3 is 19.9 Å². The van der Waals surface area contributed by atoms with Gasteiger partial charge >= 0.3 is 0 Å². The van der Waals surface area contributed by atoms with Gasteiger partial charge in [-0.2, -0.15) is 0 Å². The predicted octanol–water partition coefficient (Wildman–Crippen LogP) is 2.14. The number of fused-ring (bicyclic) bond motifs is 5. The van der Waals surface area contributed by atoms with Crippen LogP contribution in [0.5, 0.6) is 0 Å². The minimum absolute atomic E-state index is 0.00411. The summed E-state index contributed by atoms with van der Waals surface area (Å²) in [6, 6.07) is 0. The molecule has 2 N–H and O–H groups in total. The highest BCUT2D eigenvalue weighted by molar-refractivity contribution is 5.80. The number of aliphatic hydroxyl groups is 1. The number of rotatable bonds is 0. The monoisotopic (exact) mass is 347 g/mol. The molecule has 2 heterocycles. The number of carbonyl (C=O) groups is 1. The highest BCUT2D eigenvalue weighted by Gasteiger charge is 2.62. The minimum Gasteiger partial charge on any atom is -0.393 e. The van der Waals surface area contributed by atoms with E-state index in [0.29, 0.717) is 37.9 Å². The molecular formula is C20H29NO4. The molecule has 2 saturated carbocycles. The zero-order valence-electron chi connectivity index (χ0n) is 15.2. The van der Waals surface area contributed by atoms with Crippen molar-refractivity contribution in [3.63, 3.8) is 0 Å². The lowest BCUT2D eigenvalue weighted by atomic mass is 9.48. The number of hydrogen-bond acceptors (Lipinski definition) is 4. The quantitative estimate of drug-likeness (QED) is 0.659. The SMILES string of the molecule is C[C@]12CCC3(CC1=CCC1C2[C@@H](O)C[C@]2(C)NC(=O)CC12)OCCO3. The van der Waals surface area contributed by atoms with Gasteiger partial charge in [-0.3, -0.25) is 4.79 Å². The van der Waals surface area contributed by atoms with Crippen LogP contribution in [0, 0.1) is 23.2 Å². The van der Waals surface area contributed by atoms with E-state index in [1.165, 1.54) is 5.57 Å². The van der Waals surface area contributed by atoms with Crippen LogP contribution in [-0.2, 0) is 14.3 Å². The number of carbonyl (C=O) groups excluding carboxylic acids is 1. The van der Waals surface area contributed by atoms with Gasteiger partial charge in [0.1, 0.15) is 0 Å². The van der Waals surface area contributed by atoms with Crippen LogP contribution in [0.15, 0.2) is 11.6 Å². The Morgan fingerprint density at radius 1 is 1.24 bits per heavy atom. The van der Waals surface area contributed by atoms with Crippen LogP contribution >= 0.6 is 0 Å². The maximum atomic E-state index is 12.1. The summed E-state index contributed by atoms with van der Waals surface area (Å²) < 4.78 is 11.9. The van der Waals surface area contributed by atoms with Crippen molar-refractivity contribution in [3.8, 4) is 0 Å². The Morgan fingerprint density at radius 3 is 2.76 bits per heavy atom. The lowest BCUT2D eigenvalue weighted by molar-refractivity contribution is -0.190. The first-order valence-corrected chi connectivity index (χ1v) is 9.82. The second-order valence-electron chi connectivity index (χ2n) is 9.40. The lowest BCUT2D eigenvalue weighted by Crippen LogP contribution is -2.61. The van der Waals surface area contributed by atoms with Crippen molar-refractivity contribution in [2.75, 3.05) is 13.2 Å². The van der Waals surface area contributed by atoms with E-state index in [1.807, 2.05) is 0 Å². The topological polar surface area (TPSA) is 67.8 Å². The molecule has 25 heavy (non-hydrogen) atoms. The lowest BCUT2D eigenvalue weighted by Gasteiger charge is -2.59. The number of ether oxygens (including phenoxy) is 2. The number of allylic oxidation sites excluding steroid dienone is 1. The molecule has 2 aliphatic heterocycles. The summed E-state index contributed by atoms with van der Waals surface area (Å²) in [5.41, 5.74) is 1.16. The third-order valence-corrected chi connectivity index (χ3v) is 8.08. The maximum Gasteiger partial charge on any atom is 0.220 e. The molecule has 3 aliphatic carbocycles. The molecular weight excluding hydrogens is 318 g/mol. The van der Waals surface area contributed by atoms with Gasteiger partial charge in [0.15, 0.2) is 5.79 Å². The van der Waals surface area contributed by atoms with Gasteiger partial charge in [-0.1, -0.05) is 18.6 Å². The molecule has 0 aromatic heterocycles. The van der Waals surface area contributed by atoms with Crippen LogP contribution in [0.2, 0.25) is 0 Å². The Kier molecular flexibility index (Phi) is 3.31. The number of nitrogens with one attached hydrogen (secondary N) is 1. The Morgan fingerprint density at radius 2 is 2.00 bits per heavy atom. The highest BCUT2D eigenvalue weighted by Crippen LogP contribution is 2.62. The summed E-state index contributed by atoms with van der Waals surface area (Å²) >= 11 is 0. The van der Waals surface area contributed by atoms with Crippen molar-refractivity contribution < 1.29 is 19.4 Å². The summed E-state index contributed by atoms with van der Waals surface area (Å²) in [6.45, 7) is 5.83. The van der Waals surface area contributed by atoms with Crippen molar-refractivity contribution in [1.29, 1.82) is 0 Å². The second-order valence-corrected chi connectivity index (χ2v) is 9.40. The molecule has 5 heteroatoms. The highest BCUT2D eigenvalue weighted by atomic mass is 16.7. The van der Waals surface area contributed by atoms with Crippen molar-refractivity contribution in [3.05, 3.63) is 11.6 Å². The standard InChI is InChI=1S/C20H29NO4/c1-18-5-6-20(24-7-8-25-20)10-12(18)3-4-13-14-9-16(23)21-19(14,2)11-15(22)17(13)18/h3,13-15,17,22H,4-11H2,1-2H3,(H,21,23)/t13?,14?,15-,17?,18-,19-/m0/s1. The molecule has 5 nitrogen and oxygen atoms in total. The molecule has 0 bridgehead atoms. The van der Waals surface area contributed by atoms with Crippen LogP contribution < -0.4 is 5.32 Å². The zero-order valence-corrected chi connectivity index (χ0v) is 15.2. The molecule has 6 atom stereocenters. The third-order valence-electron chi connectivity index (χ3n) is 8.08. The predicted molar refractivity (Wildman–Crippen MR) is 91.6 cm³/mol. The molecule has 1 amide bonds. The van der Waals surface area contributed by atoms with Gasteiger partial charge in [0.2, 0.25) is 5.91 Å². The first kappa shape index (κ1) is 16.3. The van der Waals surface area contributed by atoms with Crippen LogP contribution in [0.3, 0.4) is 0 Å². The summed E-state index contributed by atoms with van der Waals surface area (Å²) in [5.74, 6) is 0.670. The Hall–Kier alpha value is -0.910. The molecule has 5 rings (SSSR count). The van der Waals surface area contributed by atoms with Gasteiger partial charge in [-0.05, 0) is 49.4 Å². The van der Waals surface area contributed by atoms with Crippen LogP contribution in [0.25, 0.3) is 0 Å². The molecule has 3 unspecified atom stereocenters. The third kappa shape index (κ3) is 2.15. The maximum absolute atomic E-state index is 12.1. The van der Waals surface area contributed by atoms with E-state index in [1.54, 1.807) is 0 Å². The van der Waals surface area contributed by atoms with Gasteiger partial charge in [0.05, 0.1) is 19.3 Å². The van der Waals surface area contributed by atoms with E-state index in [-0.39, 0.29) is 28.9 Å². The van der Waals surface area contributed by atoms with Crippen molar-refractivity contribution in [1.82, 2.24) is 5.32 Å². The zero-order chi connectivity index (χ0) is 17.4. The van der Waals surface area contributed by atoms with Crippen molar-refractivity contribution in [2.45, 2.75) is 69.8 Å². The smallest absolute Gasteiger partial charge is 0.220 e. The molecule has 5 aliphatic rings. The number of aliphatic hydroxyl groups excluding tert-OH is 1. The Balaban J connectivity index is 1.50. The molecule has 0 aromatic carbocycles. The van der Waals surface area contributed by atoms with Crippen molar-refractivity contribution in [2.24, 2.45) is 23.2 Å². The minimum atomic E-state index is -0.419. The van der Waals surface area contributed by atoms with Gasteiger partial charge in [0.25, 0.3) is 0 Å². The van der Waals surface area contributed by atoms with Crippen molar-refractivity contribution >= 4 is 5.91 Å². The number of amides is 1. The summed E-state index contributed by atoms with van der Waals surface area (Å²) in [5, 5.41) is 14.3. The average Bonchev–Trinajstić information content (AvgIpc) is 3.11. The van der Waals surface area contributed by atoms with Crippen LogP contribution in [0.1, 0.15) is 52.4 Å². The van der Waals surface area contributed by atoms with E-state index in [0.717, 1.165) is 25.7 Å². The van der Waals surface area contributed by atoms with Gasteiger partial charge in [-0.15, -0.1) is 0 Å². The Labute approximate surface area is 149 Å².